The number of halogens is 2. The van der Waals surface area contributed by atoms with Crippen molar-refractivity contribution in [3.63, 3.8) is 0 Å². The van der Waals surface area contributed by atoms with Crippen LogP contribution in [0.3, 0.4) is 0 Å². The Hall–Kier alpha value is -2.24. The largest absolute Gasteiger partial charge is 0.545 e. The Morgan fingerprint density at radius 3 is 2.55 bits per heavy atom. The second-order valence-electron chi connectivity index (χ2n) is 4.24. The normalized spacial score (nSPS) is 10.1. The van der Waals surface area contributed by atoms with Crippen LogP contribution in [0.25, 0.3) is 0 Å². The SMILES string of the molecule is O=C(COc1ccccc1Cl)Nc1cc(Cl)ccc1C(=O)[O-]. The van der Waals surface area contributed by atoms with Crippen molar-refractivity contribution in [3.8, 4) is 5.75 Å². The Balaban J connectivity index is 2.05. The first-order chi connectivity index (χ1) is 10.5. The minimum atomic E-state index is -1.42. The maximum atomic E-state index is 11.8. The molecule has 0 spiro atoms. The molecule has 0 atom stereocenters. The summed E-state index contributed by atoms with van der Waals surface area (Å²) in [6.07, 6.45) is 0. The van der Waals surface area contributed by atoms with E-state index in [-0.39, 0.29) is 22.9 Å². The summed E-state index contributed by atoms with van der Waals surface area (Å²) in [6.45, 7) is -0.331. The fourth-order valence-electron chi connectivity index (χ4n) is 1.69. The van der Waals surface area contributed by atoms with E-state index in [4.69, 9.17) is 27.9 Å². The number of nitrogens with one attached hydrogen (secondary N) is 1. The van der Waals surface area contributed by atoms with Gasteiger partial charge in [-0.05, 0) is 30.3 Å². The van der Waals surface area contributed by atoms with Gasteiger partial charge in [0.15, 0.2) is 6.61 Å². The van der Waals surface area contributed by atoms with Crippen LogP contribution in [0.2, 0.25) is 10.0 Å². The molecule has 0 unspecified atom stereocenters. The molecule has 7 heteroatoms. The average molecular weight is 339 g/mol. The van der Waals surface area contributed by atoms with Gasteiger partial charge < -0.3 is 20.0 Å². The quantitative estimate of drug-likeness (QED) is 0.907. The number of ether oxygens (including phenoxy) is 1. The van der Waals surface area contributed by atoms with Gasteiger partial charge in [0.05, 0.1) is 16.7 Å². The Morgan fingerprint density at radius 2 is 1.86 bits per heavy atom. The van der Waals surface area contributed by atoms with Crippen molar-refractivity contribution >= 4 is 40.8 Å². The standard InChI is InChI=1S/C15H11Cl2NO4/c16-9-5-6-10(15(20)21)12(7-9)18-14(19)8-22-13-4-2-1-3-11(13)17/h1-7H,8H2,(H,18,19)(H,20,21)/p-1. The lowest BCUT2D eigenvalue weighted by Crippen LogP contribution is -2.26. The zero-order valence-corrected chi connectivity index (χ0v) is 12.6. The van der Waals surface area contributed by atoms with E-state index in [0.717, 1.165) is 0 Å². The summed E-state index contributed by atoms with van der Waals surface area (Å²) >= 11 is 11.7. The van der Waals surface area contributed by atoms with Gasteiger partial charge in [-0.2, -0.15) is 0 Å². The molecule has 0 aliphatic heterocycles. The third kappa shape index (κ3) is 4.13. The number of anilines is 1. The molecule has 2 aromatic rings. The van der Waals surface area contributed by atoms with Crippen molar-refractivity contribution < 1.29 is 19.4 Å². The lowest BCUT2D eigenvalue weighted by molar-refractivity contribution is -0.254. The number of carbonyl (C=O) groups is 2. The number of para-hydroxylation sites is 1. The summed E-state index contributed by atoms with van der Waals surface area (Å²) in [6, 6.07) is 10.6. The van der Waals surface area contributed by atoms with Crippen LogP contribution < -0.4 is 15.2 Å². The number of hydrogen-bond donors (Lipinski definition) is 1. The third-order valence-electron chi connectivity index (χ3n) is 2.67. The molecule has 2 rings (SSSR count). The van der Waals surface area contributed by atoms with Gasteiger partial charge in [-0.15, -0.1) is 0 Å². The number of amides is 1. The number of carbonyl (C=O) groups excluding carboxylic acids is 2. The van der Waals surface area contributed by atoms with Crippen LogP contribution >= 0.6 is 23.2 Å². The molecule has 0 aromatic heterocycles. The van der Waals surface area contributed by atoms with Gasteiger partial charge in [0.25, 0.3) is 5.91 Å². The molecule has 0 saturated heterocycles. The smallest absolute Gasteiger partial charge is 0.262 e. The van der Waals surface area contributed by atoms with Crippen molar-refractivity contribution in [2.24, 2.45) is 0 Å². The van der Waals surface area contributed by atoms with Crippen LogP contribution in [-0.2, 0) is 4.79 Å². The molecule has 0 heterocycles. The molecule has 114 valence electrons. The first-order valence-corrected chi connectivity index (χ1v) is 6.91. The lowest BCUT2D eigenvalue weighted by atomic mass is 10.2. The predicted molar refractivity (Wildman–Crippen MR) is 81.4 cm³/mol. The molecule has 0 saturated carbocycles. The van der Waals surface area contributed by atoms with Crippen molar-refractivity contribution in [1.82, 2.24) is 0 Å². The van der Waals surface area contributed by atoms with E-state index in [1.54, 1.807) is 24.3 Å². The van der Waals surface area contributed by atoms with Gasteiger partial charge in [-0.25, -0.2) is 0 Å². The highest BCUT2D eigenvalue weighted by atomic mass is 35.5. The molecule has 22 heavy (non-hydrogen) atoms. The van der Waals surface area contributed by atoms with Crippen LogP contribution in [0, 0.1) is 0 Å². The van der Waals surface area contributed by atoms with E-state index >= 15 is 0 Å². The molecular formula is C15H10Cl2NO4-. The van der Waals surface area contributed by atoms with Crippen LogP contribution in [0.15, 0.2) is 42.5 Å². The first kappa shape index (κ1) is 16.1. The van der Waals surface area contributed by atoms with E-state index in [0.29, 0.717) is 10.8 Å². The average Bonchev–Trinajstić information content (AvgIpc) is 2.46. The molecule has 1 amide bonds. The molecule has 0 aliphatic rings. The minimum absolute atomic E-state index is 0.0419. The van der Waals surface area contributed by atoms with E-state index in [1.807, 2.05) is 0 Å². The second kappa shape index (κ2) is 7.15. The van der Waals surface area contributed by atoms with Crippen LogP contribution in [0.5, 0.6) is 5.75 Å². The van der Waals surface area contributed by atoms with E-state index in [1.165, 1.54) is 18.2 Å². The van der Waals surface area contributed by atoms with Gasteiger partial charge in [-0.3, -0.25) is 4.79 Å². The Kier molecular flexibility index (Phi) is 5.25. The van der Waals surface area contributed by atoms with Crippen LogP contribution in [0.4, 0.5) is 5.69 Å². The summed E-state index contributed by atoms with van der Waals surface area (Å²) in [5.41, 5.74) is -0.129. The molecular weight excluding hydrogens is 329 g/mol. The number of carboxylic acid groups (broad SMARTS) is 1. The summed E-state index contributed by atoms with van der Waals surface area (Å²) in [7, 11) is 0. The van der Waals surface area contributed by atoms with Crippen LogP contribution in [0.1, 0.15) is 10.4 Å². The van der Waals surface area contributed by atoms with Crippen molar-refractivity contribution in [2.45, 2.75) is 0 Å². The Labute approximate surface area is 136 Å². The molecule has 0 aliphatic carbocycles. The van der Waals surface area contributed by atoms with Gasteiger partial charge in [-0.1, -0.05) is 35.3 Å². The zero-order chi connectivity index (χ0) is 16.1. The molecule has 1 N–H and O–H groups in total. The minimum Gasteiger partial charge on any atom is -0.545 e. The Morgan fingerprint density at radius 1 is 1.14 bits per heavy atom. The van der Waals surface area contributed by atoms with Crippen LogP contribution in [-0.4, -0.2) is 18.5 Å². The molecule has 0 bridgehead atoms. The summed E-state index contributed by atoms with van der Waals surface area (Å²) < 4.78 is 5.26. The van der Waals surface area contributed by atoms with Gasteiger partial charge >= 0.3 is 0 Å². The predicted octanol–water partition coefficient (Wildman–Crippen LogP) is 2.37. The number of carboxylic acids is 1. The monoisotopic (exact) mass is 338 g/mol. The van der Waals surface area contributed by atoms with Crippen molar-refractivity contribution in [3.05, 3.63) is 58.1 Å². The third-order valence-corrected chi connectivity index (χ3v) is 3.22. The Bertz CT molecular complexity index is 718. The highest BCUT2D eigenvalue weighted by Crippen LogP contribution is 2.23. The highest BCUT2D eigenvalue weighted by Gasteiger charge is 2.10. The number of benzene rings is 2. The fourth-order valence-corrected chi connectivity index (χ4v) is 2.05. The number of rotatable bonds is 5. The van der Waals surface area contributed by atoms with E-state index in [9.17, 15) is 14.7 Å². The number of aromatic carboxylic acids is 1. The van der Waals surface area contributed by atoms with Gasteiger partial charge in [0.2, 0.25) is 0 Å². The molecule has 0 radical (unpaired) electrons. The maximum absolute atomic E-state index is 11.8. The molecule has 5 nitrogen and oxygen atoms in total. The summed E-state index contributed by atoms with van der Waals surface area (Å²) in [5, 5.41) is 14.0. The topological polar surface area (TPSA) is 78.5 Å². The van der Waals surface area contributed by atoms with E-state index in [2.05, 4.69) is 5.32 Å². The van der Waals surface area contributed by atoms with Gasteiger partial charge in [0, 0.05) is 10.6 Å². The van der Waals surface area contributed by atoms with E-state index < -0.39 is 11.9 Å². The second-order valence-corrected chi connectivity index (χ2v) is 5.09. The molecule has 0 fully saturated rings. The molecule has 2 aromatic carbocycles. The van der Waals surface area contributed by atoms with Crippen molar-refractivity contribution in [1.29, 1.82) is 0 Å². The highest BCUT2D eigenvalue weighted by molar-refractivity contribution is 6.32. The fraction of sp³-hybridized carbons (Fsp3) is 0.0667. The summed E-state index contributed by atoms with van der Waals surface area (Å²) in [5.74, 6) is -1.62. The summed E-state index contributed by atoms with van der Waals surface area (Å²) in [4.78, 5) is 22.8. The van der Waals surface area contributed by atoms with Crippen molar-refractivity contribution in [2.75, 3.05) is 11.9 Å². The lowest BCUT2D eigenvalue weighted by Gasteiger charge is -2.13. The van der Waals surface area contributed by atoms with Gasteiger partial charge in [0.1, 0.15) is 5.75 Å². The number of hydrogen-bond acceptors (Lipinski definition) is 4. The zero-order valence-electron chi connectivity index (χ0n) is 11.1. The maximum Gasteiger partial charge on any atom is 0.262 e. The first-order valence-electron chi connectivity index (χ1n) is 6.15.